The molecule has 1 aliphatic rings. The zero-order valence-corrected chi connectivity index (χ0v) is 16.9. The van der Waals surface area contributed by atoms with Gasteiger partial charge in [-0.25, -0.2) is 0 Å². The van der Waals surface area contributed by atoms with Gasteiger partial charge >= 0.3 is 0 Å². The maximum absolute atomic E-state index is 12.7. The summed E-state index contributed by atoms with van der Waals surface area (Å²) in [4.78, 5) is 25.8. The molecule has 4 rings (SSSR count). The standard InChI is InChI=1S/C23H19N3O3S/c24-13-15(12-16-10-11-18(29-16)14-6-2-1-3-7-14)22(28)26-23-20(21(25)27)17-8-4-5-9-19(17)30-23/h1-3,6-7,10-12H,4-5,8-9H2,(H2,25,27)(H,26,28). The van der Waals surface area contributed by atoms with Crippen LogP contribution in [0.25, 0.3) is 17.4 Å². The van der Waals surface area contributed by atoms with E-state index in [4.69, 9.17) is 10.2 Å². The summed E-state index contributed by atoms with van der Waals surface area (Å²) in [5.41, 5.74) is 7.64. The van der Waals surface area contributed by atoms with Gasteiger partial charge in [0.15, 0.2) is 0 Å². The molecule has 6 nitrogen and oxygen atoms in total. The molecule has 1 aliphatic carbocycles. The monoisotopic (exact) mass is 417 g/mol. The quantitative estimate of drug-likeness (QED) is 0.469. The summed E-state index contributed by atoms with van der Waals surface area (Å²) in [6.45, 7) is 0. The van der Waals surface area contributed by atoms with Crippen molar-refractivity contribution in [3.05, 3.63) is 69.8 Å². The van der Waals surface area contributed by atoms with Crippen LogP contribution in [-0.4, -0.2) is 11.8 Å². The molecule has 3 N–H and O–H groups in total. The molecule has 3 aromatic rings. The van der Waals surface area contributed by atoms with Crippen LogP contribution in [-0.2, 0) is 17.6 Å². The first-order chi connectivity index (χ1) is 14.6. The SMILES string of the molecule is N#CC(=Cc1ccc(-c2ccccc2)o1)C(=O)Nc1sc2c(c1C(N)=O)CCCC2. The Hall–Kier alpha value is -3.63. The number of nitrogens with zero attached hydrogens (tertiary/aromatic N) is 1. The topological polar surface area (TPSA) is 109 Å². The molecule has 2 heterocycles. The van der Waals surface area contributed by atoms with Crippen molar-refractivity contribution in [2.45, 2.75) is 25.7 Å². The van der Waals surface area contributed by atoms with Gasteiger partial charge in [-0.05, 0) is 43.4 Å². The molecule has 0 unspecified atom stereocenters. The highest BCUT2D eigenvalue weighted by Gasteiger charge is 2.25. The van der Waals surface area contributed by atoms with E-state index in [-0.39, 0.29) is 5.57 Å². The largest absolute Gasteiger partial charge is 0.457 e. The summed E-state index contributed by atoms with van der Waals surface area (Å²) in [7, 11) is 0. The predicted octanol–water partition coefficient (Wildman–Crippen LogP) is 4.53. The first kappa shape index (κ1) is 19.7. The number of hydrogen-bond donors (Lipinski definition) is 2. The summed E-state index contributed by atoms with van der Waals surface area (Å²) < 4.78 is 5.75. The predicted molar refractivity (Wildman–Crippen MR) is 116 cm³/mol. The van der Waals surface area contributed by atoms with E-state index >= 15 is 0 Å². The van der Waals surface area contributed by atoms with Gasteiger partial charge in [-0.2, -0.15) is 5.26 Å². The van der Waals surface area contributed by atoms with E-state index in [1.54, 1.807) is 12.1 Å². The molecular formula is C23H19N3O3S. The third-order valence-corrected chi connectivity index (χ3v) is 6.19. The number of carbonyl (C=O) groups excluding carboxylic acids is 2. The van der Waals surface area contributed by atoms with E-state index < -0.39 is 11.8 Å². The highest BCUT2D eigenvalue weighted by Crippen LogP contribution is 2.38. The highest BCUT2D eigenvalue weighted by atomic mass is 32.1. The molecule has 0 aliphatic heterocycles. The minimum atomic E-state index is -0.601. The number of aryl methyl sites for hydroxylation is 1. The number of anilines is 1. The number of hydrogen-bond acceptors (Lipinski definition) is 5. The van der Waals surface area contributed by atoms with Crippen molar-refractivity contribution in [1.29, 1.82) is 5.26 Å². The highest BCUT2D eigenvalue weighted by molar-refractivity contribution is 7.17. The first-order valence-electron chi connectivity index (χ1n) is 9.59. The van der Waals surface area contributed by atoms with Gasteiger partial charge in [0, 0.05) is 16.5 Å². The van der Waals surface area contributed by atoms with E-state index in [0.29, 0.717) is 22.1 Å². The number of thiophene rings is 1. The second-order valence-corrected chi connectivity index (χ2v) is 8.08. The number of nitriles is 1. The van der Waals surface area contributed by atoms with Gasteiger partial charge < -0.3 is 15.5 Å². The molecule has 0 bridgehead atoms. The van der Waals surface area contributed by atoms with Crippen molar-refractivity contribution in [2.24, 2.45) is 5.73 Å². The molecule has 0 spiro atoms. The lowest BCUT2D eigenvalue weighted by Gasteiger charge is -2.11. The fourth-order valence-corrected chi connectivity index (χ4v) is 4.85. The van der Waals surface area contributed by atoms with Crippen LogP contribution in [0.15, 0.2) is 52.5 Å². The summed E-state index contributed by atoms with van der Waals surface area (Å²) >= 11 is 1.36. The number of fused-ring (bicyclic) bond motifs is 1. The third-order valence-electron chi connectivity index (χ3n) is 4.98. The van der Waals surface area contributed by atoms with Crippen molar-refractivity contribution in [1.82, 2.24) is 0 Å². The number of furan rings is 1. The Morgan fingerprint density at radius 2 is 1.90 bits per heavy atom. The molecule has 150 valence electrons. The minimum absolute atomic E-state index is 0.120. The van der Waals surface area contributed by atoms with E-state index in [1.165, 1.54) is 17.4 Å². The Kier molecular flexibility index (Phi) is 5.50. The number of primary amides is 1. The van der Waals surface area contributed by atoms with Gasteiger partial charge in [0.2, 0.25) is 0 Å². The van der Waals surface area contributed by atoms with Gasteiger partial charge in [-0.3, -0.25) is 9.59 Å². The Morgan fingerprint density at radius 3 is 2.63 bits per heavy atom. The van der Waals surface area contributed by atoms with E-state index in [9.17, 15) is 14.9 Å². The fourth-order valence-electron chi connectivity index (χ4n) is 3.56. The molecule has 0 fully saturated rings. The Balaban J connectivity index is 1.59. The number of nitrogens with two attached hydrogens (primary N) is 1. The average Bonchev–Trinajstić information content (AvgIpc) is 3.36. The lowest BCUT2D eigenvalue weighted by atomic mass is 9.95. The van der Waals surface area contributed by atoms with Crippen LogP contribution in [0.4, 0.5) is 5.00 Å². The zero-order valence-electron chi connectivity index (χ0n) is 16.1. The zero-order chi connectivity index (χ0) is 21.1. The summed E-state index contributed by atoms with van der Waals surface area (Å²) in [5.74, 6) is -0.135. The molecule has 30 heavy (non-hydrogen) atoms. The summed E-state index contributed by atoms with van der Waals surface area (Å²) in [6.07, 6.45) is 5.06. The van der Waals surface area contributed by atoms with Crippen LogP contribution in [0.3, 0.4) is 0 Å². The third kappa shape index (κ3) is 3.91. The second-order valence-electron chi connectivity index (χ2n) is 6.97. The molecule has 1 aromatic carbocycles. The fraction of sp³-hybridized carbons (Fsp3) is 0.174. The van der Waals surface area contributed by atoms with Gasteiger partial charge in [0.05, 0.1) is 5.56 Å². The number of rotatable bonds is 5. The minimum Gasteiger partial charge on any atom is -0.457 e. The van der Waals surface area contributed by atoms with E-state index in [2.05, 4.69) is 5.32 Å². The van der Waals surface area contributed by atoms with Crippen LogP contribution in [0.2, 0.25) is 0 Å². The summed E-state index contributed by atoms with van der Waals surface area (Å²) in [5, 5.41) is 12.6. The maximum atomic E-state index is 12.7. The van der Waals surface area contributed by atoms with Gasteiger partial charge in [-0.15, -0.1) is 11.3 Å². The van der Waals surface area contributed by atoms with Crippen molar-refractivity contribution >= 4 is 34.2 Å². The van der Waals surface area contributed by atoms with Crippen LogP contribution in [0, 0.1) is 11.3 Å². The number of benzene rings is 1. The van der Waals surface area contributed by atoms with Crippen LogP contribution in [0.5, 0.6) is 0 Å². The molecular weight excluding hydrogens is 398 g/mol. The summed E-state index contributed by atoms with van der Waals surface area (Å²) in [6, 6.07) is 14.9. The normalized spacial score (nSPS) is 13.4. The van der Waals surface area contributed by atoms with Crippen molar-refractivity contribution in [2.75, 3.05) is 5.32 Å². The Bertz CT molecular complexity index is 1180. The first-order valence-corrected chi connectivity index (χ1v) is 10.4. The molecule has 0 radical (unpaired) electrons. The smallest absolute Gasteiger partial charge is 0.267 e. The van der Waals surface area contributed by atoms with Crippen molar-refractivity contribution in [3.63, 3.8) is 0 Å². The molecule has 2 amide bonds. The second kappa shape index (κ2) is 8.39. The molecule has 0 saturated heterocycles. The Labute approximate surface area is 177 Å². The number of amides is 2. The number of nitrogens with one attached hydrogen (secondary N) is 1. The molecule has 7 heteroatoms. The van der Waals surface area contributed by atoms with Crippen LogP contribution >= 0.6 is 11.3 Å². The number of carbonyl (C=O) groups is 2. The van der Waals surface area contributed by atoms with E-state index in [0.717, 1.165) is 41.7 Å². The van der Waals surface area contributed by atoms with Crippen LogP contribution < -0.4 is 11.1 Å². The van der Waals surface area contributed by atoms with Crippen LogP contribution in [0.1, 0.15) is 39.4 Å². The molecule has 0 atom stereocenters. The Morgan fingerprint density at radius 1 is 1.13 bits per heavy atom. The van der Waals surface area contributed by atoms with Gasteiger partial charge in [-0.1, -0.05) is 30.3 Å². The molecule has 0 saturated carbocycles. The average molecular weight is 417 g/mol. The van der Waals surface area contributed by atoms with Crippen molar-refractivity contribution < 1.29 is 14.0 Å². The van der Waals surface area contributed by atoms with Gasteiger partial charge in [0.25, 0.3) is 11.8 Å². The maximum Gasteiger partial charge on any atom is 0.267 e. The lowest BCUT2D eigenvalue weighted by Crippen LogP contribution is -2.19. The lowest BCUT2D eigenvalue weighted by molar-refractivity contribution is -0.112. The van der Waals surface area contributed by atoms with Gasteiger partial charge in [0.1, 0.15) is 28.2 Å². The van der Waals surface area contributed by atoms with E-state index in [1.807, 2.05) is 36.4 Å². The molecule has 2 aromatic heterocycles. The van der Waals surface area contributed by atoms with Crippen molar-refractivity contribution in [3.8, 4) is 17.4 Å².